The van der Waals surface area contributed by atoms with E-state index < -0.39 is 29.3 Å². The number of amides is 1. The summed E-state index contributed by atoms with van der Waals surface area (Å²) in [4.78, 5) is 18.0. The minimum atomic E-state index is -1.40. The molecule has 112 valence electrons. The number of nitrogens with one attached hydrogen (secondary N) is 1. The van der Waals surface area contributed by atoms with Crippen molar-refractivity contribution in [2.45, 2.75) is 25.3 Å². The van der Waals surface area contributed by atoms with E-state index in [-0.39, 0.29) is 0 Å². The second-order valence-corrected chi connectivity index (χ2v) is 4.73. The fourth-order valence-corrected chi connectivity index (χ4v) is 2.19. The molecule has 1 saturated heterocycles. The quantitative estimate of drug-likeness (QED) is 0.871. The van der Waals surface area contributed by atoms with Crippen LogP contribution >= 0.6 is 0 Å². The molecule has 1 aromatic rings. The van der Waals surface area contributed by atoms with Crippen molar-refractivity contribution >= 4 is 6.09 Å². The Balaban J connectivity index is 2.00. The molecule has 0 bridgehead atoms. The molecule has 0 spiro atoms. The molecule has 1 aliphatic heterocycles. The van der Waals surface area contributed by atoms with Crippen molar-refractivity contribution in [3.8, 4) is 6.07 Å². The number of hydroxylamine groups is 1. The van der Waals surface area contributed by atoms with Gasteiger partial charge in [-0.2, -0.15) is 5.26 Å². The largest absolute Gasteiger partial charge is 0.428 e. The van der Waals surface area contributed by atoms with Crippen molar-refractivity contribution in [2.24, 2.45) is 0 Å². The van der Waals surface area contributed by atoms with Gasteiger partial charge in [0.05, 0.1) is 11.6 Å². The first-order valence-corrected chi connectivity index (χ1v) is 6.68. The Kier molecular flexibility index (Phi) is 5.06. The van der Waals surface area contributed by atoms with Gasteiger partial charge < -0.3 is 9.74 Å². The number of carbonyl (C=O) groups excluding carboxylic acids is 1. The summed E-state index contributed by atoms with van der Waals surface area (Å²) in [5, 5.41) is 9.00. The summed E-state index contributed by atoms with van der Waals surface area (Å²) in [6.07, 6.45) is 2.18. The average molecular weight is 295 g/mol. The normalized spacial score (nSPS) is 16.1. The number of carbonyl (C=O) groups is 1. The highest BCUT2D eigenvalue weighted by Gasteiger charge is 2.23. The molecule has 1 fully saturated rings. The van der Waals surface area contributed by atoms with Crippen LogP contribution in [-0.2, 0) is 4.84 Å². The predicted molar refractivity (Wildman–Crippen MR) is 69.8 cm³/mol. The predicted octanol–water partition coefficient (Wildman–Crippen LogP) is 2.66. The molecule has 7 heteroatoms. The third kappa shape index (κ3) is 3.67. The Bertz CT molecular complexity index is 533. The first kappa shape index (κ1) is 15.2. The Morgan fingerprint density at radius 3 is 2.48 bits per heavy atom. The maximum Gasteiger partial charge on any atom is 0.428 e. The average Bonchev–Trinajstić information content (AvgIpc) is 2.50. The molecule has 1 amide bonds. The van der Waals surface area contributed by atoms with Crippen molar-refractivity contribution in [1.29, 1.82) is 5.26 Å². The zero-order valence-corrected chi connectivity index (χ0v) is 11.3. The lowest BCUT2D eigenvalue weighted by atomic mass is 10.1. The fourth-order valence-electron chi connectivity index (χ4n) is 2.19. The minimum Gasteiger partial charge on any atom is -0.352 e. The topological polar surface area (TPSA) is 65.4 Å². The molecule has 1 aliphatic rings. The van der Waals surface area contributed by atoms with E-state index >= 15 is 0 Å². The van der Waals surface area contributed by atoms with Gasteiger partial charge in [0.2, 0.25) is 0 Å². The molecule has 0 saturated carbocycles. The molecule has 0 radical (unpaired) electrons. The van der Waals surface area contributed by atoms with Gasteiger partial charge in [0.1, 0.15) is 11.6 Å². The molecule has 21 heavy (non-hydrogen) atoms. The SMILES string of the molecule is N#CC(NOC(=O)N1CCCCC1)c1c(F)cccc1F. The van der Waals surface area contributed by atoms with E-state index in [0.29, 0.717) is 13.1 Å². The lowest BCUT2D eigenvalue weighted by molar-refractivity contribution is 0.0410. The molecule has 1 heterocycles. The van der Waals surface area contributed by atoms with Crippen molar-refractivity contribution < 1.29 is 18.4 Å². The highest BCUT2D eigenvalue weighted by molar-refractivity contribution is 5.67. The number of nitrogens with zero attached hydrogens (tertiary/aromatic N) is 2. The van der Waals surface area contributed by atoms with Crippen molar-refractivity contribution in [1.82, 2.24) is 10.4 Å². The van der Waals surface area contributed by atoms with Crippen LogP contribution in [0.2, 0.25) is 0 Å². The molecule has 2 rings (SSSR count). The van der Waals surface area contributed by atoms with E-state index in [2.05, 4.69) is 5.48 Å². The van der Waals surface area contributed by atoms with E-state index in [1.165, 1.54) is 11.0 Å². The van der Waals surface area contributed by atoms with Crippen molar-refractivity contribution in [3.05, 3.63) is 35.4 Å². The number of piperidine rings is 1. The number of rotatable bonds is 3. The molecule has 1 N–H and O–H groups in total. The molecule has 5 nitrogen and oxygen atoms in total. The van der Waals surface area contributed by atoms with E-state index in [9.17, 15) is 13.6 Å². The minimum absolute atomic E-state index is 0.466. The summed E-state index contributed by atoms with van der Waals surface area (Å²) in [6.45, 7) is 1.15. The Morgan fingerprint density at radius 1 is 1.29 bits per heavy atom. The van der Waals surface area contributed by atoms with Crippen LogP contribution in [-0.4, -0.2) is 24.1 Å². The summed E-state index contributed by atoms with van der Waals surface area (Å²) in [5.74, 6) is -1.74. The van der Waals surface area contributed by atoms with Crippen LogP contribution in [0.1, 0.15) is 30.9 Å². The summed E-state index contributed by atoms with van der Waals surface area (Å²) in [7, 11) is 0. The standard InChI is InChI=1S/C14H15F2N3O2/c15-10-5-4-6-11(16)13(10)12(9-17)18-21-14(20)19-7-2-1-3-8-19/h4-6,12,18H,1-3,7-8H2. The summed E-state index contributed by atoms with van der Waals surface area (Å²) >= 11 is 0. The monoisotopic (exact) mass is 295 g/mol. The number of halogens is 2. The number of hydrogen-bond acceptors (Lipinski definition) is 4. The summed E-state index contributed by atoms with van der Waals surface area (Å²) in [5.41, 5.74) is 1.67. The first-order valence-electron chi connectivity index (χ1n) is 6.68. The Morgan fingerprint density at radius 2 is 1.90 bits per heavy atom. The molecular weight excluding hydrogens is 280 g/mol. The third-order valence-electron chi connectivity index (χ3n) is 3.30. The van der Waals surface area contributed by atoms with Crippen LogP contribution in [0, 0.1) is 23.0 Å². The number of nitriles is 1. The van der Waals surface area contributed by atoms with Crippen LogP contribution in [0.5, 0.6) is 0 Å². The number of benzene rings is 1. The highest BCUT2D eigenvalue weighted by Crippen LogP contribution is 2.20. The second-order valence-electron chi connectivity index (χ2n) is 4.73. The van der Waals surface area contributed by atoms with Gasteiger partial charge in [0.25, 0.3) is 0 Å². The van der Waals surface area contributed by atoms with Gasteiger partial charge in [-0.15, -0.1) is 5.48 Å². The maximum absolute atomic E-state index is 13.6. The third-order valence-corrected chi connectivity index (χ3v) is 3.30. The van der Waals surface area contributed by atoms with Crippen molar-refractivity contribution in [2.75, 3.05) is 13.1 Å². The second kappa shape index (κ2) is 6.99. The molecule has 1 atom stereocenters. The van der Waals surface area contributed by atoms with Gasteiger partial charge in [-0.25, -0.2) is 13.6 Å². The van der Waals surface area contributed by atoms with Crippen molar-refractivity contribution in [3.63, 3.8) is 0 Å². The zero-order chi connectivity index (χ0) is 15.2. The Hall–Kier alpha value is -2.20. The van der Waals surface area contributed by atoms with Crippen LogP contribution < -0.4 is 5.48 Å². The van der Waals surface area contributed by atoms with E-state index in [1.807, 2.05) is 0 Å². The molecule has 1 unspecified atom stereocenters. The molecule has 0 aliphatic carbocycles. The van der Waals surface area contributed by atoms with Gasteiger partial charge >= 0.3 is 6.09 Å². The van der Waals surface area contributed by atoms with Gasteiger partial charge in [-0.05, 0) is 31.4 Å². The zero-order valence-electron chi connectivity index (χ0n) is 11.3. The van der Waals surface area contributed by atoms with E-state index in [1.54, 1.807) is 6.07 Å². The number of likely N-dealkylation sites (tertiary alicyclic amines) is 1. The van der Waals surface area contributed by atoms with Gasteiger partial charge in [0.15, 0.2) is 6.04 Å². The first-order chi connectivity index (χ1) is 10.1. The van der Waals surface area contributed by atoms with Crippen LogP contribution in [0.3, 0.4) is 0 Å². The lowest BCUT2D eigenvalue weighted by Crippen LogP contribution is -2.39. The molecule has 1 aromatic carbocycles. The highest BCUT2D eigenvalue weighted by atomic mass is 19.1. The summed E-state index contributed by atoms with van der Waals surface area (Å²) in [6, 6.07) is 3.54. The van der Waals surface area contributed by atoms with Crippen LogP contribution in [0.25, 0.3) is 0 Å². The van der Waals surface area contributed by atoms with E-state index in [0.717, 1.165) is 31.4 Å². The lowest BCUT2D eigenvalue weighted by Gasteiger charge is -2.26. The maximum atomic E-state index is 13.6. The van der Waals surface area contributed by atoms with Gasteiger partial charge in [-0.3, -0.25) is 0 Å². The summed E-state index contributed by atoms with van der Waals surface area (Å²) < 4.78 is 27.2. The van der Waals surface area contributed by atoms with Crippen LogP contribution in [0.15, 0.2) is 18.2 Å². The molecular formula is C14H15F2N3O2. The van der Waals surface area contributed by atoms with E-state index in [4.69, 9.17) is 10.1 Å². The Labute approximate surface area is 121 Å². The van der Waals surface area contributed by atoms with Gasteiger partial charge in [0, 0.05) is 13.1 Å². The smallest absolute Gasteiger partial charge is 0.352 e. The van der Waals surface area contributed by atoms with Gasteiger partial charge in [-0.1, -0.05) is 6.07 Å². The molecule has 0 aromatic heterocycles. The number of hydrogen-bond donors (Lipinski definition) is 1. The van der Waals surface area contributed by atoms with Crippen LogP contribution in [0.4, 0.5) is 13.6 Å². The fraction of sp³-hybridized carbons (Fsp3) is 0.429.